The molecule has 3 N–H and O–H groups in total. The second-order valence-corrected chi connectivity index (χ2v) is 5.28. The number of morpholine rings is 1. The lowest BCUT2D eigenvalue weighted by Gasteiger charge is -2.33. The van der Waals surface area contributed by atoms with E-state index in [1.807, 2.05) is 0 Å². The number of nitrogens with zero attached hydrogens (tertiary/aromatic N) is 1. The lowest BCUT2D eigenvalue weighted by atomic mass is 10.1. The maximum absolute atomic E-state index is 12.5. The molecule has 1 aromatic heterocycles. The van der Waals surface area contributed by atoms with E-state index in [1.54, 1.807) is 11.4 Å². The number of hydrogen-bond acceptors (Lipinski definition) is 5. The number of carboxylic acid groups (broad SMARTS) is 1. The third-order valence-electron chi connectivity index (χ3n) is 3.01. The van der Waals surface area contributed by atoms with Crippen molar-refractivity contribution in [3.05, 3.63) is 28.0 Å². The number of ether oxygens (including phenoxy) is 1. The molecular weight excluding hydrogens is 296 g/mol. The Morgan fingerprint density at radius 3 is 2.90 bits per heavy atom. The molecule has 1 aromatic rings. The van der Waals surface area contributed by atoms with Crippen LogP contribution < -0.4 is 5.73 Å². The van der Waals surface area contributed by atoms with Crippen LogP contribution in [0.5, 0.6) is 0 Å². The van der Waals surface area contributed by atoms with E-state index in [1.165, 1.54) is 22.3 Å². The molecular formula is C13H14N2O5S. The van der Waals surface area contributed by atoms with E-state index in [-0.39, 0.29) is 19.1 Å². The minimum Gasteiger partial charge on any atom is -0.478 e. The van der Waals surface area contributed by atoms with Crippen molar-refractivity contribution in [2.75, 3.05) is 19.8 Å². The van der Waals surface area contributed by atoms with Gasteiger partial charge in [0.15, 0.2) is 0 Å². The summed E-state index contributed by atoms with van der Waals surface area (Å²) in [7, 11) is 0. The predicted octanol–water partition coefficient (Wildman–Crippen LogP) is 0.172. The maximum Gasteiger partial charge on any atom is 0.328 e. The van der Waals surface area contributed by atoms with Gasteiger partial charge in [-0.3, -0.25) is 9.59 Å². The molecule has 21 heavy (non-hydrogen) atoms. The molecule has 2 amide bonds. The number of aliphatic carboxylic acids is 1. The molecule has 112 valence electrons. The van der Waals surface area contributed by atoms with Crippen molar-refractivity contribution in [2.45, 2.75) is 6.04 Å². The Bertz CT molecular complexity index is 595. The molecule has 0 aromatic carbocycles. The standard InChI is InChI=1S/C13H14N2O5S/c14-12(18)9-7-20-5-4-15(9)13(19)11-8(3-6-21-11)1-2-10(16)17/h1-3,6,9H,4-5,7H2,(H2,14,18)(H,16,17)/b2-1+. The van der Waals surface area contributed by atoms with Crippen LogP contribution in [0.25, 0.3) is 6.08 Å². The van der Waals surface area contributed by atoms with Crippen molar-refractivity contribution in [2.24, 2.45) is 5.73 Å². The molecule has 2 rings (SSSR count). The summed E-state index contributed by atoms with van der Waals surface area (Å²) in [5, 5.41) is 10.3. The van der Waals surface area contributed by atoms with Crippen LogP contribution in [-0.2, 0) is 14.3 Å². The number of amides is 2. The van der Waals surface area contributed by atoms with Gasteiger partial charge in [-0.15, -0.1) is 11.3 Å². The minimum atomic E-state index is -1.10. The van der Waals surface area contributed by atoms with Gasteiger partial charge < -0.3 is 20.5 Å². The van der Waals surface area contributed by atoms with E-state index < -0.39 is 17.9 Å². The SMILES string of the molecule is NC(=O)C1COCCN1C(=O)c1sccc1/C=C/C(=O)O. The predicted molar refractivity (Wildman–Crippen MR) is 75.8 cm³/mol. The molecule has 2 heterocycles. The van der Waals surface area contributed by atoms with Gasteiger partial charge in [-0.05, 0) is 23.1 Å². The van der Waals surface area contributed by atoms with Crippen molar-refractivity contribution in [1.82, 2.24) is 4.90 Å². The normalized spacial score (nSPS) is 18.9. The van der Waals surface area contributed by atoms with Crippen molar-refractivity contribution >= 4 is 35.2 Å². The van der Waals surface area contributed by atoms with E-state index in [2.05, 4.69) is 0 Å². The molecule has 1 aliphatic rings. The zero-order valence-electron chi connectivity index (χ0n) is 11.0. The summed E-state index contributed by atoms with van der Waals surface area (Å²) in [6.45, 7) is 0.681. The van der Waals surface area contributed by atoms with Crippen LogP contribution in [0.15, 0.2) is 17.5 Å². The van der Waals surface area contributed by atoms with Crippen molar-refractivity contribution in [3.8, 4) is 0 Å². The summed E-state index contributed by atoms with van der Waals surface area (Å²) in [5.74, 6) is -2.06. The van der Waals surface area contributed by atoms with Crippen LogP contribution in [0.3, 0.4) is 0 Å². The molecule has 1 atom stereocenters. The van der Waals surface area contributed by atoms with Crippen LogP contribution >= 0.6 is 11.3 Å². The van der Waals surface area contributed by atoms with Crippen LogP contribution in [0.1, 0.15) is 15.2 Å². The average molecular weight is 310 g/mol. The Morgan fingerprint density at radius 2 is 2.24 bits per heavy atom. The third-order valence-corrected chi connectivity index (χ3v) is 3.93. The van der Waals surface area contributed by atoms with Crippen LogP contribution in [0.2, 0.25) is 0 Å². The first kappa shape index (κ1) is 15.2. The molecule has 8 heteroatoms. The summed E-state index contributed by atoms with van der Waals surface area (Å²) in [6.07, 6.45) is 2.31. The van der Waals surface area contributed by atoms with Gasteiger partial charge in [-0.25, -0.2) is 4.79 Å². The van der Waals surface area contributed by atoms with E-state index >= 15 is 0 Å². The maximum atomic E-state index is 12.5. The Hall–Kier alpha value is -2.19. The first-order valence-corrected chi connectivity index (χ1v) is 7.05. The zero-order chi connectivity index (χ0) is 15.4. The van der Waals surface area contributed by atoms with Crippen molar-refractivity contribution in [1.29, 1.82) is 0 Å². The molecule has 1 aliphatic heterocycles. The quantitative estimate of drug-likeness (QED) is 0.770. The lowest BCUT2D eigenvalue weighted by molar-refractivity contribution is -0.131. The van der Waals surface area contributed by atoms with Gasteiger partial charge in [-0.2, -0.15) is 0 Å². The van der Waals surface area contributed by atoms with Gasteiger partial charge in [0.1, 0.15) is 6.04 Å². The zero-order valence-corrected chi connectivity index (χ0v) is 11.8. The number of carboxylic acids is 1. The molecule has 0 bridgehead atoms. The topological polar surface area (TPSA) is 110 Å². The average Bonchev–Trinajstić information content (AvgIpc) is 2.92. The highest BCUT2D eigenvalue weighted by Gasteiger charge is 2.33. The molecule has 7 nitrogen and oxygen atoms in total. The highest BCUT2D eigenvalue weighted by molar-refractivity contribution is 7.12. The van der Waals surface area contributed by atoms with Gasteiger partial charge in [0, 0.05) is 12.6 Å². The molecule has 0 radical (unpaired) electrons. The van der Waals surface area contributed by atoms with Gasteiger partial charge in [0.05, 0.1) is 18.1 Å². The molecule has 0 saturated carbocycles. The highest BCUT2D eigenvalue weighted by atomic mass is 32.1. The Balaban J connectivity index is 2.25. The fraction of sp³-hybridized carbons (Fsp3) is 0.308. The molecule has 0 aliphatic carbocycles. The third kappa shape index (κ3) is 3.47. The van der Waals surface area contributed by atoms with Gasteiger partial charge in [-0.1, -0.05) is 0 Å². The number of hydrogen-bond donors (Lipinski definition) is 2. The second kappa shape index (κ2) is 6.51. The van der Waals surface area contributed by atoms with Gasteiger partial charge >= 0.3 is 5.97 Å². The van der Waals surface area contributed by atoms with E-state index in [4.69, 9.17) is 15.6 Å². The molecule has 1 saturated heterocycles. The highest BCUT2D eigenvalue weighted by Crippen LogP contribution is 2.22. The molecule has 0 spiro atoms. The smallest absolute Gasteiger partial charge is 0.328 e. The van der Waals surface area contributed by atoms with Gasteiger partial charge in [0.25, 0.3) is 5.91 Å². The Kier molecular flexibility index (Phi) is 4.71. The lowest BCUT2D eigenvalue weighted by Crippen LogP contribution is -2.54. The molecule has 1 fully saturated rings. The van der Waals surface area contributed by atoms with Gasteiger partial charge in [0.2, 0.25) is 5.91 Å². The van der Waals surface area contributed by atoms with Crippen LogP contribution in [0, 0.1) is 0 Å². The Labute approximate surface area is 124 Å². The van der Waals surface area contributed by atoms with Crippen LogP contribution in [0.4, 0.5) is 0 Å². The summed E-state index contributed by atoms with van der Waals surface area (Å²) >= 11 is 1.19. The fourth-order valence-electron chi connectivity index (χ4n) is 2.00. The summed E-state index contributed by atoms with van der Waals surface area (Å²) in [5.41, 5.74) is 5.79. The van der Waals surface area contributed by atoms with E-state index in [0.29, 0.717) is 17.0 Å². The number of carbonyl (C=O) groups is 3. The number of rotatable bonds is 4. The summed E-state index contributed by atoms with van der Waals surface area (Å²) < 4.78 is 5.17. The number of nitrogens with two attached hydrogens (primary N) is 1. The Morgan fingerprint density at radius 1 is 1.48 bits per heavy atom. The second-order valence-electron chi connectivity index (χ2n) is 4.37. The monoisotopic (exact) mass is 310 g/mol. The van der Waals surface area contributed by atoms with E-state index in [0.717, 1.165) is 6.08 Å². The number of thiophene rings is 1. The fourth-order valence-corrected chi connectivity index (χ4v) is 2.84. The van der Waals surface area contributed by atoms with Crippen LogP contribution in [-0.4, -0.2) is 53.6 Å². The first-order valence-electron chi connectivity index (χ1n) is 6.17. The summed E-state index contributed by atoms with van der Waals surface area (Å²) in [6, 6.07) is 0.849. The largest absolute Gasteiger partial charge is 0.478 e. The first-order chi connectivity index (χ1) is 10.0. The van der Waals surface area contributed by atoms with E-state index in [9.17, 15) is 14.4 Å². The summed E-state index contributed by atoms with van der Waals surface area (Å²) in [4.78, 5) is 36.2. The van der Waals surface area contributed by atoms with Crippen molar-refractivity contribution in [3.63, 3.8) is 0 Å². The minimum absolute atomic E-state index is 0.0761. The number of primary amides is 1. The van der Waals surface area contributed by atoms with Crippen molar-refractivity contribution < 1.29 is 24.2 Å². The molecule has 1 unspecified atom stereocenters. The number of carbonyl (C=O) groups excluding carboxylic acids is 2.